The van der Waals surface area contributed by atoms with E-state index in [9.17, 15) is 0 Å². The van der Waals surface area contributed by atoms with E-state index >= 15 is 0 Å². The maximum absolute atomic E-state index is 5.85. The van der Waals surface area contributed by atoms with Crippen LogP contribution in [-0.4, -0.2) is 38.9 Å². The van der Waals surface area contributed by atoms with E-state index in [1.807, 2.05) is 0 Å². The Morgan fingerprint density at radius 3 is 2.96 bits per heavy atom. The van der Waals surface area contributed by atoms with Crippen LogP contribution in [-0.2, 0) is 11.3 Å². The van der Waals surface area contributed by atoms with Gasteiger partial charge in [-0.15, -0.1) is 0 Å². The Kier molecular flexibility index (Phi) is 7.20. The molecule has 1 aliphatic rings. The molecule has 128 valence electrons. The topological polar surface area (TPSA) is 54.9 Å². The Morgan fingerprint density at radius 1 is 1.39 bits per heavy atom. The van der Waals surface area contributed by atoms with Crippen LogP contribution >= 0.6 is 0 Å². The lowest BCUT2D eigenvalue weighted by molar-refractivity contribution is 0.114. The van der Waals surface area contributed by atoms with Gasteiger partial charge in [0, 0.05) is 32.3 Å². The van der Waals surface area contributed by atoms with Crippen molar-refractivity contribution < 1.29 is 9.47 Å². The molecule has 5 heteroatoms. The van der Waals surface area contributed by atoms with Crippen LogP contribution in [0.15, 0.2) is 23.2 Å². The van der Waals surface area contributed by atoms with E-state index in [1.54, 1.807) is 7.05 Å². The number of nitrogens with one attached hydrogen (secondary N) is 2. The normalized spacial score (nSPS) is 18.0. The molecule has 1 fully saturated rings. The number of aliphatic imine (C=N–C) groups is 1. The number of rotatable bonds is 7. The third-order valence-electron chi connectivity index (χ3n) is 3.88. The molecular weight excluding hydrogens is 290 g/mol. The molecule has 1 unspecified atom stereocenters. The van der Waals surface area contributed by atoms with Crippen LogP contribution in [0.1, 0.15) is 37.3 Å². The molecule has 1 heterocycles. The van der Waals surface area contributed by atoms with E-state index in [4.69, 9.17) is 9.47 Å². The van der Waals surface area contributed by atoms with Crippen LogP contribution in [0.4, 0.5) is 0 Å². The van der Waals surface area contributed by atoms with E-state index in [2.05, 4.69) is 47.7 Å². The van der Waals surface area contributed by atoms with Crippen molar-refractivity contribution in [1.29, 1.82) is 0 Å². The van der Waals surface area contributed by atoms with Gasteiger partial charge >= 0.3 is 0 Å². The molecule has 0 radical (unpaired) electrons. The summed E-state index contributed by atoms with van der Waals surface area (Å²) in [6, 6.07) is 6.31. The SMILES string of the molecule is CCCOc1cc(C)ccc1CNC(=NC)NCC1CCCO1. The van der Waals surface area contributed by atoms with Crippen LogP contribution in [0.25, 0.3) is 0 Å². The summed E-state index contributed by atoms with van der Waals surface area (Å²) in [4.78, 5) is 4.27. The standard InChI is InChI=1S/C18H29N3O2/c1-4-9-23-17-11-14(2)7-8-15(17)12-20-18(19-3)21-13-16-6-5-10-22-16/h7-8,11,16H,4-6,9-10,12-13H2,1-3H3,(H2,19,20,21). The minimum atomic E-state index is 0.302. The fourth-order valence-electron chi connectivity index (χ4n) is 2.57. The van der Waals surface area contributed by atoms with Crippen molar-refractivity contribution in [2.45, 2.75) is 45.8 Å². The zero-order valence-corrected chi connectivity index (χ0v) is 14.5. The zero-order valence-electron chi connectivity index (χ0n) is 14.5. The summed E-state index contributed by atoms with van der Waals surface area (Å²) < 4.78 is 11.5. The van der Waals surface area contributed by atoms with Gasteiger partial charge in [-0.05, 0) is 37.8 Å². The van der Waals surface area contributed by atoms with Gasteiger partial charge < -0.3 is 20.1 Å². The fraction of sp³-hybridized carbons (Fsp3) is 0.611. The molecule has 0 saturated carbocycles. The Hall–Kier alpha value is -1.75. The van der Waals surface area contributed by atoms with Gasteiger partial charge in [-0.2, -0.15) is 0 Å². The summed E-state index contributed by atoms with van der Waals surface area (Å²) in [5.74, 6) is 1.75. The van der Waals surface area contributed by atoms with Crippen molar-refractivity contribution in [1.82, 2.24) is 10.6 Å². The highest BCUT2D eigenvalue weighted by atomic mass is 16.5. The number of hydrogen-bond acceptors (Lipinski definition) is 3. The van der Waals surface area contributed by atoms with Gasteiger partial charge in [-0.3, -0.25) is 4.99 Å². The maximum Gasteiger partial charge on any atom is 0.191 e. The third kappa shape index (κ3) is 5.75. The maximum atomic E-state index is 5.85. The predicted octanol–water partition coefficient (Wildman–Crippen LogP) is 2.63. The van der Waals surface area contributed by atoms with Crippen molar-refractivity contribution >= 4 is 5.96 Å². The molecule has 1 saturated heterocycles. The predicted molar refractivity (Wildman–Crippen MR) is 94.1 cm³/mol. The number of guanidine groups is 1. The smallest absolute Gasteiger partial charge is 0.191 e. The van der Waals surface area contributed by atoms with Crippen LogP contribution in [0.5, 0.6) is 5.75 Å². The van der Waals surface area contributed by atoms with Gasteiger partial charge in [0.05, 0.1) is 12.7 Å². The number of nitrogens with zero attached hydrogens (tertiary/aromatic N) is 1. The number of aryl methyl sites for hydroxylation is 1. The Balaban J connectivity index is 1.87. The Bertz CT molecular complexity index is 511. The third-order valence-corrected chi connectivity index (χ3v) is 3.88. The van der Waals surface area contributed by atoms with Crippen LogP contribution in [0, 0.1) is 6.92 Å². The summed E-state index contributed by atoms with van der Waals surface area (Å²) in [5, 5.41) is 6.68. The monoisotopic (exact) mass is 319 g/mol. The highest BCUT2D eigenvalue weighted by Gasteiger charge is 2.15. The van der Waals surface area contributed by atoms with Gasteiger partial charge in [-0.1, -0.05) is 19.1 Å². The van der Waals surface area contributed by atoms with E-state index in [-0.39, 0.29) is 0 Å². The summed E-state index contributed by atoms with van der Waals surface area (Å²) in [6.45, 7) is 7.29. The second-order valence-electron chi connectivity index (χ2n) is 5.90. The molecule has 2 N–H and O–H groups in total. The van der Waals surface area contributed by atoms with Gasteiger partial charge in [0.1, 0.15) is 5.75 Å². The van der Waals surface area contributed by atoms with Crippen LogP contribution in [0.3, 0.4) is 0 Å². The molecule has 0 bridgehead atoms. The van der Waals surface area contributed by atoms with Gasteiger partial charge in [0.25, 0.3) is 0 Å². The molecule has 1 aliphatic heterocycles. The molecule has 23 heavy (non-hydrogen) atoms. The van der Waals surface area contributed by atoms with E-state index in [0.717, 1.165) is 56.3 Å². The van der Waals surface area contributed by atoms with Crippen LogP contribution < -0.4 is 15.4 Å². The van der Waals surface area contributed by atoms with Gasteiger partial charge in [-0.25, -0.2) is 0 Å². The second kappa shape index (κ2) is 9.40. The quantitative estimate of drug-likeness (QED) is 0.599. The summed E-state index contributed by atoms with van der Waals surface area (Å²) in [6.07, 6.45) is 3.58. The lowest BCUT2D eigenvalue weighted by Crippen LogP contribution is -2.40. The minimum absolute atomic E-state index is 0.302. The van der Waals surface area contributed by atoms with Gasteiger partial charge in [0.2, 0.25) is 0 Å². The highest BCUT2D eigenvalue weighted by Crippen LogP contribution is 2.20. The van der Waals surface area contributed by atoms with Crippen LogP contribution in [0.2, 0.25) is 0 Å². The van der Waals surface area contributed by atoms with E-state index in [1.165, 1.54) is 5.56 Å². The first-order chi connectivity index (χ1) is 11.2. The number of hydrogen-bond donors (Lipinski definition) is 2. The minimum Gasteiger partial charge on any atom is -0.493 e. The molecule has 1 aromatic rings. The first-order valence-electron chi connectivity index (χ1n) is 8.51. The first kappa shape index (κ1) is 17.6. The van der Waals surface area contributed by atoms with E-state index < -0.39 is 0 Å². The Labute approximate surface area is 139 Å². The fourth-order valence-corrected chi connectivity index (χ4v) is 2.57. The largest absolute Gasteiger partial charge is 0.493 e. The summed E-state index contributed by atoms with van der Waals surface area (Å²) in [5.41, 5.74) is 2.35. The molecule has 0 aliphatic carbocycles. The zero-order chi connectivity index (χ0) is 16.5. The van der Waals surface area contributed by atoms with Crippen molar-refractivity contribution in [3.63, 3.8) is 0 Å². The molecule has 0 spiro atoms. The van der Waals surface area contributed by atoms with Crippen molar-refractivity contribution in [3.8, 4) is 5.75 Å². The van der Waals surface area contributed by atoms with Crippen molar-refractivity contribution in [2.75, 3.05) is 26.8 Å². The summed E-state index contributed by atoms with van der Waals surface area (Å²) in [7, 11) is 1.79. The molecule has 1 aromatic carbocycles. The molecule has 0 amide bonds. The first-order valence-corrected chi connectivity index (χ1v) is 8.51. The molecule has 2 rings (SSSR count). The average Bonchev–Trinajstić information content (AvgIpc) is 3.07. The lowest BCUT2D eigenvalue weighted by atomic mass is 10.1. The Morgan fingerprint density at radius 2 is 2.26 bits per heavy atom. The average molecular weight is 319 g/mol. The molecule has 1 atom stereocenters. The van der Waals surface area contributed by atoms with Gasteiger partial charge in [0.15, 0.2) is 5.96 Å². The summed E-state index contributed by atoms with van der Waals surface area (Å²) >= 11 is 0. The van der Waals surface area contributed by atoms with Crippen molar-refractivity contribution in [3.05, 3.63) is 29.3 Å². The number of benzene rings is 1. The van der Waals surface area contributed by atoms with Crippen molar-refractivity contribution in [2.24, 2.45) is 4.99 Å². The van der Waals surface area contributed by atoms with E-state index in [0.29, 0.717) is 12.6 Å². The highest BCUT2D eigenvalue weighted by molar-refractivity contribution is 5.79. The lowest BCUT2D eigenvalue weighted by Gasteiger charge is -2.17. The molecular formula is C18H29N3O2. The second-order valence-corrected chi connectivity index (χ2v) is 5.90. The molecule has 0 aromatic heterocycles. The molecule has 5 nitrogen and oxygen atoms in total. The number of ether oxygens (including phenoxy) is 2.